The van der Waals surface area contributed by atoms with Gasteiger partial charge in [-0.05, 0) is 98.6 Å². The highest BCUT2D eigenvalue weighted by Gasteiger charge is 2.41. The molecular formula is C60H40N2SSi. The maximum absolute atomic E-state index is 2.76. The number of benzene rings is 10. The molecule has 3 heterocycles. The predicted octanol–water partition coefficient (Wildman–Crippen LogP) is 13.3. The average Bonchev–Trinajstić information content (AvgIpc) is 4.03. The summed E-state index contributed by atoms with van der Waals surface area (Å²) in [5, 5.41) is 13.1. The van der Waals surface area contributed by atoms with Crippen LogP contribution in [0.15, 0.2) is 243 Å². The third kappa shape index (κ3) is 5.50. The van der Waals surface area contributed by atoms with Crippen LogP contribution in [0.1, 0.15) is 0 Å². The van der Waals surface area contributed by atoms with Crippen LogP contribution in [0.2, 0.25) is 0 Å². The zero-order valence-corrected chi connectivity index (χ0v) is 36.7. The van der Waals surface area contributed by atoms with E-state index in [9.17, 15) is 0 Å². The summed E-state index contributed by atoms with van der Waals surface area (Å²) in [5.74, 6) is 0. The lowest BCUT2D eigenvalue weighted by Crippen LogP contribution is -2.74. The lowest BCUT2D eigenvalue weighted by atomic mass is 10.0. The molecule has 0 fully saturated rings. The van der Waals surface area contributed by atoms with E-state index in [2.05, 4.69) is 252 Å². The van der Waals surface area contributed by atoms with Crippen LogP contribution < -0.4 is 20.7 Å². The molecule has 0 aliphatic rings. The lowest BCUT2D eigenvalue weighted by Gasteiger charge is -2.34. The second kappa shape index (κ2) is 14.7. The quantitative estimate of drug-likeness (QED) is 0.112. The van der Waals surface area contributed by atoms with Crippen LogP contribution >= 0.6 is 11.3 Å². The van der Waals surface area contributed by atoms with Crippen LogP contribution in [0.25, 0.3) is 86.3 Å². The molecule has 13 rings (SSSR count). The Bertz CT molecular complexity index is 3800. The molecule has 10 aromatic carbocycles. The summed E-state index contributed by atoms with van der Waals surface area (Å²) < 4.78 is 7.65. The molecule has 0 spiro atoms. The lowest BCUT2D eigenvalue weighted by molar-refractivity contribution is 1.17. The van der Waals surface area contributed by atoms with Crippen molar-refractivity contribution in [2.75, 3.05) is 0 Å². The standard InChI is InChI=1S/C60H40N2SSi/c1-4-19-44(20-5-1)64(45-21-6-2-7-22-45,46-23-8-3-9-24-46)47-25-16-18-43(40-47)61-54-30-14-11-28-50(54)60-56(61)31-17-32-57(60)62-53-29-13-10-26-48(53)51-38-41(34-36-55(51)62)42-35-37-59-52(39-42)49-27-12-15-33-58(49)63-59/h1-40H. The summed E-state index contributed by atoms with van der Waals surface area (Å²) in [6.45, 7) is 0. The number of hydrogen-bond donors (Lipinski definition) is 0. The highest BCUT2D eigenvalue weighted by Crippen LogP contribution is 2.42. The van der Waals surface area contributed by atoms with Gasteiger partial charge in [-0.15, -0.1) is 11.3 Å². The SMILES string of the molecule is c1ccc([Si](c2ccccc2)(c2ccccc2)c2cccc(-n3c4ccccc4c4c(-n5c6ccccc6c6cc(-c7ccc8sc9ccccc9c8c7)ccc65)cccc43)c2)cc1. The summed E-state index contributed by atoms with van der Waals surface area (Å²) >= 11 is 1.87. The molecule has 13 aromatic rings. The van der Waals surface area contributed by atoms with Gasteiger partial charge < -0.3 is 9.13 Å². The van der Waals surface area contributed by atoms with E-state index in [4.69, 9.17) is 0 Å². The van der Waals surface area contributed by atoms with Crippen molar-refractivity contribution in [1.82, 2.24) is 9.13 Å². The molecule has 64 heavy (non-hydrogen) atoms. The van der Waals surface area contributed by atoms with Crippen molar-refractivity contribution >= 4 is 104 Å². The summed E-state index contributed by atoms with van der Waals surface area (Å²) in [6.07, 6.45) is 0. The van der Waals surface area contributed by atoms with Crippen LogP contribution in [0, 0.1) is 0 Å². The van der Waals surface area contributed by atoms with Crippen LogP contribution in [-0.4, -0.2) is 17.2 Å². The van der Waals surface area contributed by atoms with Gasteiger partial charge in [-0.1, -0.05) is 176 Å². The summed E-state index contributed by atoms with van der Waals surface area (Å²) in [5.41, 5.74) is 9.56. The number of para-hydroxylation sites is 2. The van der Waals surface area contributed by atoms with E-state index in [-0.39, 0.29) is 0 Å². The van der Waals surface area contributed by atoms with Crippen molar-refractivity contribution < 1.29 is 0 Å². The molecule has 0 aliphatic heterocycles. The second-order valence-corrected chi connectivity index (χ2v) is 21.7. The van der Waals surface area contributed by atoms with E-state index in [0.29, 0.717) is 0 Å². The molecule has 0 radical (unpaired) electrons. The highest BCUT2D eigenvalue weighted by molar-refractivity contribution is 7.25. The molecule has 0 atom stereocenters. The molecule has 0 unspecified atom stereocenters. The van der Waals surface area contributed by atoms with Gasteiger partial charge in [0.25, 0.3) is 0 Å². The zero-order chi connectivity index (χ0) is 42.2. The monoisotopic (exact) mass is 848 g/mol. The molecule has 0 amide bonds. The number of aromatic nitrogens is 2. The Hall–Kier alpha value is -7.76. The Morgan fingerprint density at radius 1 is 0.297 bits per heavy atom. The Labute approximate surface area is 376 Å². The largest absolute Gasteiger partial charge is 0.309 e. The van der Waals surface area contributed by atoms with Crippen molar-refractivity contribution in [3.63, 3.8) is 0 Å². The smallest absolute Gasteiger partial charge is 0.179 e. The number of fused-ring (bicyclic) bond motifs is 9. The number of hydrogen-bond acceptors (Lipinski definition) is 1. The first kappa shape index (κ1) is 36.9. The first-order chi connectivity index (χ1) is 31.8. The molecule has 0 aliphatic carbocycles. The minimum Gasteiger partial charge on any atom is -0.309 e. The Balaban J connectivity index is 1.03. The molecule has 0 N–H and O–H groups in total. The Morgan fingerprint density at radius 2 is 0.797 bits per heavy atom. The zero-order valence-electron chi connectivity index (χ0n) is 34.9. The minimum atomic E-state index is -2.76. The predicted molar refractivity (Wildman–Crippen MR) is 277 cm³/mol. The number of nitrogens with zero attached hydrogens (tertiary/aromatic N) is 2. The van der Waals surface area contributed by atoms with Gasteiger partial charge in [-0.2, -0.15) is 0 Å². The second-order valence-electron chi connectivity index (χ2n) is 16.8. The van der Waals surface area contributed by atoms with E-state index in [1.54, 1.807) is 0 Å². The van der Waals surface area contributed by atoms with Crippen LogP contribution in [-0.2, 0) is 0 Å². The summed E-state index contributed by atoms with van der Waals surface area (Å²) in [6, 6.07) is 90.5. The van der Waals surface area contributed by atoms with Gasteiger partial charge in [0.2, 0.25) is 0 Å². The van der Waals surface area contributed by atoms with E-state index >= 15 is 0 Å². The van der Waals surface area contributed by atoms with Gasteiger partial charge in [0.05, 0.1) is 27.8 Å². The Morgan fingerprint density at radius 3 is 1.50 bits per heavy atom. The van der Waals surface area contributed by atoms with Crippen molar-refractivity contribution in [2.24, 2.45) is 0 Å². The highest BCUT2D eigenvalue weighted by atomic mass is 32.1. The first-order valence-electron chi connectivity index (χ1n) is 22.0. The van der Waals surface area contributed by atoms with Gasteiger partial charge >= 0.3 is 0 Å². The normalized spacial score (nSPS) is 12.1. The van der Waals surface area contributed by atoms with Crippen LogP contribution in [0.5, 0.6) is 0 Å². The third-order valence-electron chi connectivity index (χ3n) is 13.5. The van der Waals surface area contributed by atoms with E-state index in [1.165, 1.54) is 101 Å². The number of thiophene rings is 1. The fraction of sp³-hybridized carbons (Fsp3) is 0. The third-order valence-corrected chi connectivity index (χ3v) is 19.4. The average molecular weight is 849 g/mol. The topological polar surface area (TPSA) is 9.86 Å². The van der Waals surface area contributed by atoms with Gasteiger partial charge in [0.1, 0.15) is 0 Å². The van der Waals surface area contributed by atoms with Crippen molar-refractivity contribution in [3.8, 4) is 22.5 Å². The molecule has 3 aromatic heterocycles. The summed E-state index contributed by atoms with van der Waals surface area (Å²) in [4.78, 5) is 0. The molecular weight excluding hydrogens is 809 g/mol. The van der Waals surface area contributed by atoms with Crippen molar-refractivity contribution in [1.29, 1.82) is 0 Å². The van der Waals surface area contributed by atoms with E-state index in [1.807, 2.05) is 11.3 Å². The maximum Gasteiger partial charge on any atom is 0.179 e. The van der Waals surface area contributed by atoms with E-state index < -0.39 is 8.07 Å². The van der Waals surface area contributed by atoms with Gasteiger partial charge in [-0.3, -0.25) is 0 Å². The van der Waals surface area contributed by atoms with Gasteiger partial charge in [0.15, 0.2) is 8.07 Å². The Kier molecular flexibility index (Phi) is 8.45. The molecule has 0 saturated heterocycles. The molecule has 300 valence electrons. The molecule has 0 saturated carbocycles. The van der Waals surface area contributed by atoms with E-state index in [0.717, 1.165) is 5.69 Å². The minimum absolute atomic E-state index is 1.16. The maximum atomic E-state index is 2.50. The van der Waals surface area contributed by atoms with Crippen LogP contribution in [0.3, 0.4) is 0 Å². The van der Waals surface area contributed by atoms with Crippen LogP contribution in [0.4, 0.5) is 0 Å². The molecule has 0 bridgehead atoms. The molecule has 4 heteroatoms. The fourth-order valence-corrected chi connectivity index (χ4v) is 16.6. The fourth-order valence-electron chi connectivity index (χ4n) is 10.7. The van der Waals surface area contributed by atoms with Crippen molar-refractivity contribution in [2.45, 2.75) is 0 Å². The molecule has 2 nitrogen and oxygen atoms in total. The summed E-state index contributed by atoms with van der Waals surface area (Å²) in [7, 11) is -2.76. The van der Waals surface area contributed by atoms with Gasteiger partial charge in [0, 0.05) is 47.4 Å². The number of rotatable bonds is 7. The van der Waals surface area contributed by atoms with Gasteiger partial charge in [-0.25, -0.2) is 0 Å². The van der Waals surface area contributed by atoms with Crippen molar-refractivity contribution in [3.05, 3.63) is 243 Å². The first-order valence-corrected chi connectivity index (χ1v) is 24.8.